The number of para-hydroxylation sites is 1. The Kier molecular flexibility index (Phi) is 6.01. The zero-order valence-electron chi connectivity index (χ0n) is 13.5. The molecule has 0 aliphatic rings. The highest BCUT2D eigenvalue weighted by Gasteiger charge is 2.10. The van der Waals surface area contributed by atoms with Crippen molar-refractivity contribution >= 4 is 23.3 Å². The van der Waals surface area contributed by atoms with E-state index >= 15 is 0 Å². The number of urea groups is 1. The number of benzene rings is 2. The fourth-order valence-corrected chi connectivity index (χ4v) is 1.95. The Morgan fingerprint density at radius 2 is 1.71 bits per heavy atom. The van der Waals surface area contributed by atoms with Crippen LogP contribution >= 0.6 is 0 Å². The second-order valence-electron chi connectivity index (χ2n) is 4.79. The van der Waals surface area contributed by atoms with Gasteiger partial charge >= 0.3 is 6.03 Å². The first-order valence-electron chi connectivity index (χ1n) is 7.24. The summed E-state index contributed by atoms with van der Waals surface area (Å²) in [5, 5.41) is 7.78. The zero-order valence-corrected chi connectivity index (χ0v) is 13.5. The normalized spacial score (nSPS) is 9.75. The molecule has 2 aromatic rings. The average Bonchev–Trinajstić information content (AvgIpc) is 2.61. The van der Waals surface area contributed by atoms with Crippen LogP contribution in [0.25, 0.3) is 0 Å². The van der Waals surface area contributed by atoms with E-state index < -0.39 is 6.03 Å². The van der Waals surface area contributed by atoms with Gasteiger partial charge in [-0.3, -0.25) is 4.79 Å². The third-order valence-electron chi connectivity index (χ3n) is 3.12. The van der Waals surface area contributed by atoms with E-state index in [-0.39, 0.29) is 12.5 Å². The zero-order chi connectivity index (χ0) is 17.4. The van der Waals surface area contributed by atoms with Gasteiger partial charge in [0.15, 0.2) is 0 Å². The smallest absolute Gasteiger partial charge is 0.319 e. The Labute approximate surface area is 140 Å². The second-order valence-corrected chi connectivity index (χ2v) is 4.79. The van der Waals surface area contributed by atoms with Crippen LogP contribution < -0.4 is 25.4 Å². The van der Waals surface area contributed by atoms with Crippen LogP contribution in [0.15, 0.2) is 48.5 Å². The number of hydrogen-bond acceptors (Lipinski definition) is 4. The number of hydrogen-bond donors (Lipinski definition) is 3. The largest absolute Gasteiger partial charge is 0.497 e. The number of nitrogens with one attached hydrogen (secondary N) is 3. The van der Waals surface area contributed by atoms with Gasteiger partial charge in [-0.05, 0) is 24.3 Å². The van der Waals surface area contributed by atoms with Crippen molar-refractivity contribution in [1.29, 1.82) is 0 Å². The molecule has 0 bridgehead atoms. The van der Waals surface area contributed by atoms with Gasteiger partial charge in [0, 0.05) is 11.8 Å². The Hall–Kier alpha value is -3.22. The maximum absolute atomic E-state index is 12.0. The molecule has 7 nitrogen and oxygen atoms in total. The molecule has 126 valence electrons. The summed E-state index contributed by atoms with van der Waals surface area (Å²) in [7, 11) is 3.04. The van der Waals surface area contributed by atoms with E-state index in [9.17, 15) is 9.59 Å². The highest BCUT2D eigenvalue weighted by atomic mass is 16.5. The molecule has 0 radical (unpaired) electrons. The van der Waals surface area contributed by atoms with Crippen LogP contribution in [0.5, 0.6) is 11.5 Å². The van der Waals surface area contributed by atoms with Gasteiger partial charge in [-0.2, -0.15) is 0 Å². The van der Waals surface area contributed by atoms with Gasteiger partial charge in [0.25, 0.3) is 0 Å². The summed E-state index contributed by atoms with van der Waals surface area (Å²) in [5.74, 6) is 0.711. The fourth-order valence-electron chi connectivity index (χ4n) is 1.95. The number of amides is 3. The first kappa shape index (κ1) is 17.1. The summed E-state index contributed by atoms with van der Waals surface area (Å²) in [5.41, 5.74) is 1.14. The molecule has 3 N–H and O–H groups in total. The van der Waals surface area contributed by atoms with Crippen LogP contribution in [0.4, 0.5) is 16.2 Å². The SMILES string of the molecule is COc1ccc(NC(=O)CNC(=O)Nc2ccccc2)c(OC)c1. The standard InChI is InChI=1S/C17H19N3O4/c1-23-13-8-9-14(15(10-13)24-2)20-16(21)11-18-17(22)19-12-6-4-3-5-7-12/h3-10H,11H2,1-2H3,(H,20,21)(H2,18,19,22). The van der Waals surface area contributed by atoms with Gasteiger partial charge in [-0.25, -0.2) is 4.79 Å². The molecule has 0 aliphatic heterocycles. The molecule has 0 aliphatic carbocycles. The van der Waals surface area contributed by atoms with Crippen molar-refractivity contribution in [2.45, 2.75) is 0 Å². The average molecular weight is 329 g/mol. The maximum atomic E-state index is 12.0. The summed E-state index contributed by atoms with van der Waals surface area (Å²) >= 11 is 0. The quantitative estimate of drug-likeness (QED) is 0.759. The monoisotopic (exact) mass is 329 g/mol. The molecule has 0 fully saturated rings. The lowest BCUT2D eigenvalue weighted by Crippen LogP contribution is -2.35. The van der Waals surface area contributed by atoms with Crippen LogP contribution in [0, 0.1) is 0 Å². The predicted molar refractivity (Wildman–Crippen MR) is 91.6 cm³/mol. The van der Waals surface area contributed by atoms with E-state index in [1.165, 1.54) is 7.11 Å². The molecule has 2 aromatic carbocycles. The summed E-state index contributed by atoms with van der Waals surface area (Å²) < 4.78 is 10.3. The van der Waals surface area contributed by atoms with Gasteiger partial charge in [-0.1, -0.05) is 18.2 Å². The van der Waals surface area contributed by atoms with Crippen LogP contribution in [0.2, 0.25) is 0 Å². The predicted octanol–water partition coefficient (Wildman–Crippen LogP) is 2.46. The second kappa shape index (κ2) is 8.42. The van der Waals surface area contributed by atoms with Crippen molar-refractivity contribution < 1.29 is 19.1 Å². The minimum absolute atomic E-state index is 0.173. The van der Waals surface area contributed by atoms with E-state index in [0.717, 1.165) is 0 Å². The molecule has 0 aromatic heterocycles. The summed E-state index contributed by atoms with van der Waals surface area (Å²) in [4.78, 5) is 23.7. The van der Waals surface area contributed by atoms with Crippen molar-refractivity contribution in [3.8, 4) is 11.5 Å². The molecule has 3 amide bonds. The van der Waals surface area contributed by atoms with Crippen molar-refractivity contribution in [1.82, 2.24) is 5.32 Å². The summed E-state index contributed by atoms with van der Waals surface area (Å²) in [6, 6.07) is 13.5. The van der Waals surface area contributed by atoms with Gasteiger partial charge in [0.05, 0.1) is 26.5 Å². The fraction of sp³-hybridized carbons (Fsp3) is 0.176. The van der Waals surface area contributed by atoms with Crippen LogP contribution in [0.1, 0.15) is 0 Å². The first-order valence-corrected chi connectivity index (χ1v) is 7.24. The number of anilines is 2. The van der Waals surface area contributed by atoms with Crippen molar-refractivity contribution in [2.75, 3.05) is 31.4 Å². The molecule has 7 heteroatoms. The van der Waals surface area contributed by atoms with Crippen molar-refractivity contribution in [3.05, 3.63) is 48.5 Å². The van der Waals surface area contributed by atoms with Crippen LogP contribution in [0.3, 0.4) is 0 Å². The molecule has 0 spiro atoms. The molecule has 24 heavy (non-hydrogen) atoms. The minimum atomic E-state index is -0.460. The molecule has 0 unspecified atom stereocenters. The van der Waals surface area contributed by atoms with Gasteiger partial charge in [0.2, 0.25) is 5.91 Å². The van der Waals surface area contributed by atoms with E-state index in [1.54, 1.807) is 49.6 Å². The van der Waals surface area contributed by atoms with Crippen molar-refractivity contribution in [2.24, 2.45) is 0 Å². The summed E-state index contributed by atoms with van der Waals surface area (Å²) in [6.45, 7) is -0.173. The number of carbonyl (C=O) groups excluding carboxylic acids is 2. The number of carbonyl (C=O) groups is 2. The Bertz CT molecular complexity index is 704. The van der Waals surface area contributed by atoms with Gasteiger partial charge in [-0.15, -0.1) is 0 Å². The van der Waals surface area contributed by atoms with Gasteiger partial charge in [0.1, 0.15) is 11.5 Å². The Morgan fingerprint density at radius 1 is 0.958 bits per heavy atom. The third-order valence-corrected chi connectivity index (χ3v) is 3.12. The molecule has 2 rings (SSSR count). The molecule has 0 heterocycles. The number of methoxy groups -OCH3 is 2. The van der Waals surface area contributed by atoms with Gasteiger partial charge < -0.3 is 25.4 Å². The molecule has 0 saturated heterocycles. The highest BCUT2D eigenvalue weighted by Crippen LogP contribution is 2.28. The number of ether oxygens (including phenoxy) is 2. The van der Waals surface area contributed by atoms with E-state index in [4.69, 9.17) is 9.47 Å². The van der Waals surface area contributed by atoms with Crippen LogP contribution in [-0.4, -0.2) is 32.7 Å². The Morgan fingerprint density at radius 3 is 2.38 bits per heavy atom. The lowest BCUT2D eigenvalue weighted by atomic mass is 10.2. The van der Waals surface area contributed by atoms with Crippen LogP contribution in [-0.2, 0) is 4.79 Å². The topological polar surface area (TPSA) is 88.7 Å². The molecule has 0 saturated carbocycles. The van der Waals surface area contributed by atoms with Crippen molar-refractivity contribution in [3.63, 3.8) is 0 Å². The lowest BCUT2D eigenvalue weighted by Gasteiger charge is -2.12. The van der Waals surface area contributed by atoms with E-state index in [1.807, 2.05) is 6.07 Å². The highest BCUT2D eigenvalue weighted by molar-refractivity contribution is 5.97. The molecule has 0 atom stereocenters. The number of rotatable bonds is 6. The lowest BCUT2D eigenvalue weighted by molar-refractivity contribution is -0.115. The molecular weight excluding hydrogens is 310 g/mol. The maximum Gasteiger partial charge on any atom is 0.319 e. The third kappa shape index (κ3) is 4.91. The summed E-state index contributed by atoms with van der Waals surface area (Å²) in [6.07, 6.45) is 0. The van der Waals surface area contributed by atoms with E-state index in [0.29, 0.717) is 22.9 Å². The minimum Gasteiger partial charge on any atom is -0.497 e. The first-order chi connectivity index (χ1) is 11.6. The van der Waals surface area contributed by atoms with E-state index in [2.05, 4.69) is 16.0 Å². The molecular formula is C17H19N3O4. The Balaban J connectivity index is 1.86.